The van der Waals surface area contributed by atoms with Crippen molar-refractivity contribution in [3.63, 3.8) is 0 Å². The number of nitrogens with zero attached hydrogens (tertiary/aromatic N) is 4. The highest BCUT2D eigenvalue weighted by Crippen LogP contribution is 2.38. The van der Waals surface area contributed by atoms with Crippen molar-refractivity contribution in [1.82, 2.24) is 14.7 Å². The second-order valence-electron chi connectivity index (χ2n) is 10.6. The van der Waals surface area contributed by atoms with Gasteiger partial charge in [-0.2, -0.15) is 8.42 Å². The van der Waals surface area contributed by atoms with Crippen LogP contribution in [0.1, 0.15) is 58.3 Å². The molecule has 1 saturated heterocycles. The molecule has 0 spiro atoms. The Morgan fingerprint density at radius 1 is 1.22 bits per heavy atom. The van der Waals surface area contributed by atoms with Gasteiger partial charge in [-0.1, -0.05) is 13.0 Å². The van der Waals surface area contributed by atoms with E-state index in [1.165, 1.54) is 17.0 Å². The quantitative estimate of drug-likeness (QED) is 0.552. The second kappa shape index (κ2) is 10.0. The zero-order valence-electron chi connectivity index (χ0n) is 21.9. The highest BCUT2D eigenvalue weighted by molar-refractivity contribution is 7.90. The number of carbonyl (C=O) groups excluding carboxylic acids is 2. The summed E-state index contributed by atoms with van der Waals surface area (Å²) in [5, 5.41) is -0.343. The van der Waals surface area contributed by atoms with Crippen molar-refractivity contribution in [1.29, 1.82) is 0 Å². The summed E-state index contributed by atoms with van der Waals surface area (Å²) in [4.78, 5) is 37.4. The molecule has 2 aromatic heterocycles. The van der Waals surface area contributed by atoms with Crippen LogP contribution in [0, 0.1) is 5.92 Å². The van der Waals surface area contributed by atoms with Crippen LogP contribution in [0.5, 0.6) is 0 Å². The molecule has 3 rings (SSSR count). The Balaban J connectivity index is 1.81. The maximum absolute atomic E-state index is 13.1. The van der Waals surface area contributed by atoms with E-state index in [1.807, 2.05) is 4.90 Å². The van der Waals surface area contributed by atoms with Gasteiger partial charge in [-0.3, -0.25) is 9.59 Å². The zero-order valence-corrected chi connectivity index (χ0v) is 22.7. The summed E-state index contributed by atoms with van der Waals surface area (Å²) in [6.07, 6.45) is 2.53. The number of ether oxygens (including phenoxy) is 1. The number of carbonyl (C=O) groups is 2. The third kappa shape index (κ3) is 6.13. The van der Waals surface area contributed by atoms with Gasteiger partial charge in [0, 0.05) is 25.3 Å². The van der Waals surface area contributed by atoms with Gasteiger partial charge < -0.3 is 14.5 Å². The van der Waals surface area contributed by atoms with Crippen LogP contribution in [0.4, 0.5) is 11.6 Å². The lowest BCUT2D eigenvalue weighted by molar-refractivity contribution is -0.152. The lowest BCUT2D eigenvalue weighted by atomic mass is 9.90. The van der Waals surface area contributed by atoms with Crippen molar-refractivity contribution in [3.8, 4) is 0 Å². The van der Waals surface area contributed by atoms with Gasteiger partial charge >= 0.3 is 5.97 Å². The molecule has 1 N–H and O–H groups in total. The Morgan fingerprint density at radius 3 is 2.53 bits per heavy atom. The third-order valence-electron chi connectivity index (χ3n) is 6.36. The van der Waals surface area contributed by atoms with E-state index in [4.69, 9.17) is 4.74 Å². The van der Waals surface area contributed by atoms with Gasteiger partial charge in [0.25, 0.3) is 15.9 Å². The van der Waals surface area contributed by atoms with E-state index in [0.29, 0.717) is 18.3 Å². The molecule has 1 fully saturated rings. The molecule has 10 nitrogen and oxygen atoms in total. The summed E-state index contributed by atoms with van der Waals surface area (Å²) in [5.41, 5.74) is -0.716. The minimum absolute atomic E-state index is 0.122. The monoisotopic (exact) mass is 517 g/mol. The topological polar surface area (TPSA) is 122 Å². The molecule has 1 atom stereocenters. The van der Waals surface area contributed by atoms with Gasteiger partial charge in [0.05, 0.1) is 5.56 Å². The summed E-state index contributed by atoms with van der Waals surface area (Å²) < 4.78 is 33.6. The van der Waals surface area contributed by atoms with Crippen LogP contribution in [0.25, 0.3) is 0 Å². The average molecular weight is 518 g/mol. The first-order valence-electron chi connectivity index (χ1n) is 11.8. The molecule has 0 aromatic carbocycles. The molecule has 1 aliphatic heterocycles. The Labute approximate surface area is 213 Å². The van der Waals surface area contributed by atoms with E-state index < -0.39 is 27.5 Å². The summed E-state index contributed by atoms with van der Waals surface area (Å²) in [6.45, 7) is 12.2. The van der Waals surface area contributed by atoms with Gasteiger partial charge in [-0.15, -0.1) is 0 Å². The second-order valence-corrected chi connectivity index (χ2v) is 12.2. The van der Waals surface area contributed by atoms with Gasteiger partial charge in [-0.05, 0) is 71.2 Å². The Bertz CT molecular complexity index is 1240. The highest BCUT2D eigenvalue weighted by Gasteiger charge is 2.40. The fourth-order valence-corrected chi connectivity index (χ4v) is 4.97. The van der Waals surface area contributed by atoms with Crippen molar-refractivity contribution in [2.45, 2.75) is 64.1 Å². The predicted molar refractivity (Wildman–Crippen MR) is 137 cm³/mol. The van der Waals surface area contributed by atoms with E-state index in [2.05, 4.69) is 35.5 Å². The fraction of sp³-hybridized carbons (Fsp3) is 0.520. The summed E-state index contributed by atoms with van der Waals surface area (Å²) in [7, 11) is -2.70. The van der Waals surface area contributed by atoms with Crippen molar-refractivity contribution in [2.24, 2.45) is 5.92 Å². The molecule has 0 radical (unpaired) electrons. The molecule has 11 heteroatoms. The number of sulfonamides is 1. The normalized spacial score (nSPS) is 17.5. The number of rotatable bonds is 7. The highest BCUT2D eigenvalue weighted by atomic mass is 32.2. The number of nitrogens with one attached hydrogen (secondary N) is 1. The first-order valence-corrected chi connectivity index (χ1v) is 13.3. The first kappa shape index (κ1) is 27.4. The standard InChI is InChI=1S/C25H35N5O5S/c1-17-13-15-30(25(17,5)6)22-18(10-9-14-26-22)23(32)28-36(33,34)20-12-8-11-19(27-20)29(7)16-21(31)35-24(2,3)4/h8-12,14,17H,13,15-16H2,1-7H3,(H,28,32). The summed E-state index contributed by atoms with van der Waals surface area (Å²) >= 11 is 0. The number of esters is 1. The number of amides is 1. The van der Waals surface area contributed by atoms with Gasteiger partial charge in [0.1, 0.15) is 23.8 Å². The van der Waals surface area contributed by atoms with E-state index in [0.717, 1.165) is 6.42 Å². The molecule has 0 saturated carbocycles. The first-order chi connectivity index (χ1) is 16.6. The number of likely N-dealkylation sites (N-methyl/N-ethyl adjacent to an activating group) is 1. The van der Waals surface area contributed by atoms with Crippen LogP contribution < -0.4 is 14.5 Å². The molecule has 0 aliphatic carbocycles. The number of anilines is 2. The van der Waals surface area contributed by atoms with E-state index in [1.54, 1.807) is 52.2 Å². The number of hydrogen-bond acceptors (Lipinski definition) is 9. The van der Waals surface area contributed by atoms with Gasteiger partial charge in [0.15, 0.2) is 5.03 Å². The Kier molecular flexibility index (Phi) is 7.64. The Hall–Kier alpha value is -3.21. The minimum Gasteiger partial charge on any atom is -0.459 e. The van der Waals surface area contributed by atoms with E-state index >= 15 is 0 Å². The molecular weight excluding hydrogens is 482 g/mol. The van der Waals surface area contributed by atoms with Crippen molar-refractivity contribution in [2.75, 3.05) is 29.9 Å². The smallest absolute Gasteiger partial charge is 0.326 e. The molecule has 1 amide bonds. The van der Waals surface area contributed by atoms with Crippen LogP contribution in [0.3, 0.4) is 0 Å². The minimum atomic E-state index is -4.30. The maximum Gasteiger partial charge on any atom is 0.326 e. The predicted octanol–water partition coefficient (Wildman–Crippen LogP) is 3.00. The Morgan fingerprint density at radius 2 is 1.92 bits per heavy atom. The zero-order chi connectivity index (χ0) is 26.9. The van der Waals surface area contributed by atoms with Crippen LogP contribution >= 0.6 is 0 Å². The number of aromatic nitrogens is 2. The maximum atomic E-state index is 13.1. The van der Waals surface area contributed by atoms with E-state index in [9.17, 15) is 18.0 Å². The molecule has 36 heavy (non-hydrogen) atoms. The molecule has 1 aliphatic rings. The average Bonchev–Trinajstić information content (AvgIpc) is 3.04. The molecule has 1 unspecified atom stereocenters. The van der Waals surface area contributed by atoms with Crippen LogP contribution in [0.2, 0.25) is 0 Å². The number of hydrogen-bond donors (Lipinski definition) is 1. The third-order valence-corrected chi connectivity index (χ3v) is 7.60. The summed E-state index contributed by atoms with van der Waals surface area (Å²) in [5.74, 6) is -0.201. The van der Waals surface area contributed by atoms with Crippen molar-refractivity contribution >= 4 is 33.5 Å². The molecule has 3 heterocycles. The molecule has 0 bridgehead atoms. The fourth-order valence-electron chi connectivity index (χ4n) is 4.04. The van der Waals surface area contributed by atoms with Crippen molar-refractivity contribution in [3.05, 3.63) is 42.1 Å². The molecule has 2 aromatic rings. The summed E-state index contributed by atoms with van der Waals surface area (Å²) in [6, 6.07) is 7.51. The SMILES string of the molecule is CC1CCN(c2ncccc2C(=O)NS(=O)(=O)c2cccc(N(C)CC(=O)OC(C)(C)C)n2)C1(C)C. The van der Waals surface area contributed by atoms with E-state index in [-0.39, 0.29) is 28.5 Å². The number of pyridine rings is 2. The lowest BCUT2D eigenvalue weighted by Gasteiger charge is -2.36. The van der Waals surface area contributed by atoms with Gasteiger partial charge in [0.2, 0.25) is 0 Å². The lowest BCUT2D eigenvalue weighted by Crippen LogP contribution is -2.43. The largest absolute Gasteiger partial charge is 0.459 e. The molecule has 196 valence electrons. The van der Waals surface area contributed by atoms with Gasteiger partial charge in [-0.25, -0.2) is 14.7 Å². The van der Waals surface area contributed by atoms with Crippen LogP contribution in [-0.4, -0.2) is 61.5 Å². The molecular formula is C25H35N5O5S. The van der Waals surface area contributed by atoms with Crippen molar-refractivity contribution < 1.29 is 22.7 Å². The van der Waals surface area contributed by atoms with Crippen LogP contribution in [0.15, 0.2) is 41.6 Å². The van der Waals surface area contributed by atoms with Crippen LogP contribution in [-0.2, 0) is 19.6 Å².